The predicted octanol–water partition coefficient (Wildman–Crippen LogP) is 1.17. The average Bonchev–Trinajstić information content (AvgIpc) is 2.26. The zero-order valence-electron chi connectivity index (χ0n) is 7.95. The molecule has 1 aliphatic rings. The summed E-state index contributed by atoms with van der Waals surface area (Å²) in [7, 11) is 1.93. The topological polar surface area (TPSA) is 52.6 Å². The fraction of sp³-hybridized carbons (Fsp3) is 0.300. The minimum absolute atomic E-state index is 0.0128. The van der Waals surface area contributed by atoms with Gasteiger partial charge in [-0.3, -0.25) is 4.79 Å². The van der Waals surface area contributed by atoms with Crippen LogP contribution in [0.4, 0.5) is 11.4 Å². The van der Waals surface area contributed by atoms with E-state index < -0.39 is 0 Å². The molecule has 1 aliphatic heterocycles. The maximum Gasteiger partial charge on any atom is 0.226 e. The molecule has 0 aromatic heterocycles. The Kier molecular flexibility index (Phi) is 2.04. The van der Waals surface area contributed by atoms with E-state index >= 15 is 0 Å². The third-order valence-electron chi connectivity index (χ3n) is 2.34. The van der Waals surface area contributed by atoms with Crippen molar-refractivity contribution in [2.45, 2.75) is 6.42 Å². The van der Waals surface area contributed by atoms with Crippen molar-refractivity contribution in [1.29, 1.82) is 0 Å². The van der Waals surface area contributed by atoms with Gasteiger partial charge < -0.3 is 15.3 Å². The highest BCUT2D eigenvalue weighted by Gasteiger charge is 2.16. The second kappa shape index (κ2) is 3.21. The monoisotopic (exact) mass is 192 g/mol. The van der Waals surface area contributed by atoms with E-state index in [1.165, 1.54) is 0 Å². The van der Waals surface area contributed by atoms with Crippen LogP contribution in [0.5, 0.6) is 5.75 Å². The van der Waals surface area contributed by atoms with Crippen LogP contribution in [0, 0.1) is 0 Å². The Labute approximate surface area is 82.2 Å². The third-order valence-corrected chi connectivity index (χ3v) is 2.34. The molecular weight excluding hydrogens is 180 g/mol. The molecule has 1 amide bonds. The molecule has 1 aromatic rings. The van der Waals surface area contributed by atoms with Gasteiger partial charge in [-0.25, -0.2) is 0 Å². The summed E-state index contributed by atoms with van der Waals surface area (Å²) in [6.07, 6.45) is 0.478. The molecule has 0 fully saturated rings. The minimum Gasteiger partial charge on any atom is -0.508 e. The smallest absolute Gasteiger partial charge is 0.226 e. The molecule has 0 saturated heterocycles. The lowest BCUT2D eigenvalue weighted by molar-refractivity contribution is -0.115. The van der Waals surface area contributed by atoms with Gasteiger partial charge in [0.2, 0.25) is 5.91 Å². The number of nitrogens with one attached hydrogen (secondary N) is 1. The Morgan fingerprint density at radius 3 is 3.07 bits per heavy atom. The van der Waals surface area contributed by atoms with Crippen LogP contribution in [0.15, 0.2) is 18.2 Å². The van der Waals surface area contributed by atoms with E-state index in [4.69, 9.17) is 0 Å². The molecule has 4 heteroatoms. The number of rotatable bonds is 0. The Bertz CT molecular complexity index is 376. The Morgan fingerprint density at radius 2 is 2.29 bits per heavy atom. The van der Waals surface area contributed by atoms with Crippen molar-refractivity contribution < 1.29 is 9.90 Å². The summed E-state index contributed by atoms with van der Waals surface area (Å²) in [5.41, 5.74) is 1.61. The van der Waals surface area contributed by atoms with Gasteiger partial charge in [0.1, 0.15) is 5.75 Å². The van der Waals surface area contributed by atoms with Crippen LogP contribution >= 0.6 is 0 Å². The summed E-state index contributed by atoms with van der Waals surface area (Å²) < 4.78 is 0. The van der Waals surface area contributed by atoms with Crippen molar-refractivity contribution in [3.05, 3.63) is 18.2 Å². The number of carbonyl (C=O) groups excluding carboxylic acids is 1. The number of fused-ring (bicyclic) bond motifs is 1. The SMILES string of the molecule is CN1CCC(=O)Nc2cc(O)ccc21. The number of amides is 1. The van der Waals surface area contributed by atoms with E-state index in [1.807, 2.05) is 11.9 Å². The lowest BCUT2D eigenvalue weighted by Gasteiger charge is -2.17. The number of anilines is 2. The second-order valence-electron chi connectivity index (χ2n) is 3.42. The second-order valence-corrected chi connectivity index (χ2v) is 3.42. The van der Waals surface area contributed by atoms with E-state index in [0.717, 1.165) is 5.69 Å². The highest BCUT2D eigenvalue weighted by Crippen LogP contribution is 2.30. The highest BCUT2D eigenvalue weighted by atomic mass is 16.3. The van der Waals surface area contributed by atoms with Gasteiger partial charge in [0.05, 0.1) is 11.4 Å². The molecule has 0 spiro atoms. The number of hydrogen-bond donors (Lipinski definition) is 2. The molecule has 2 N–H and O–H groups in total. The van der Waals surface area contributed by atoms with E-state index in [9.17, 15) is 9.90 Å². The van der Waals surface area contributed by atoms with Gasteiger partial charge in [-0.15, -0.1) is 0 Å². The lowest BCUT2D eigenvalue weighted by atomic mass is 10.2. The fourth-order valence-corrected chi connectivity index (χ4v) is 1.56. The van der Waals surface area contributed by atoms with Crippen molar-refractivity contribution in [1.82, 2.24) is 0 Å². The first-order chi connectivity index (χ1) is 6.66. The van der Waals surface area contributed by atoms with Crippen molar-refractivity contribution in [2.24, 2.45) is 0 Å². The average molecular weight is 192 g/mol. The van der Waals surface area contributed by atoms with E-state index in [0.29, 0.717) is 18.7 Å². The molecule has 0 saturated carbocycles. The van der Waals surface area contributed by atoms with E-state index in [2.05, 4.69) is 5.32 Å². The first-order valence-electron chi connectivity index (χ1n) is 4.51. The van der Waals surface area contributed by atoms with Crippen molar-refractivity contribution in [3.8, 4) is 5.75 Å². The lowest BCUT2D eigenvalue weighted by Crippen LogP contribution is -2.18. The summed E-state index contributed by atoms with van der Waals surface area (Å²) in [5, 5.41) is 12.0. The van der Waals surface area contributed by atoms with Gasteiger partial charge in [0.25, 0.3) is 0 Å². The number of phenolic OH excluding ortho intramolecular Hbond substituents is 1. The normalized spacial score (nSPS) is 15.8. The summed E-state index contributed by atoms with van der Waals surface area (Å²) in [6, 6.07) is 4.98. The zero-order valence-corrected chi connectivity index (χ0v) is 7.95. The van der Waals surface area contributed by atoms with Gasteiger partial charge in [0, 0.05) is 26.1 Å². The number of benzene rings is 1. The van der Waals surface area contributed by atoms with Gasteiger partial charge >= 0.3 is 0 Å². The zero-order chi connectivity index (χ0) is 10.1. The molecule has 0 unspecified atom stereocenters. The van der Waals surface area contributed by atoms with E-state index in [-0.39, 0.29) is 11.7 Å². The molecule has 4 nitrogen and oxygen atoms in total. The van der Waals surface area contributed by atoms with Crippen molar-refractivity contribution >= 4 is 17.3 Å². The molecule has 0 atom stereocenters. The van der Waals surface area contributed by atoms with Gasteiger partial charge in [-0.05, 0) is 12.1 Å². The summed E-state index contributed by atoms with van der Waals surface area (Å²) >= 11 is 0. The number of carbonyl (C=O) groups is 1. The van der Waals surface area contributed by atoms with Crippen LogP contribution in [0.1, 0.15) is 6.42 Å². The first kappa shape index (κ1) is 8.87. The summed E-state index contributed by atoms with van der Waals surface area (Å²) in [6.45, 7) is 0.698. The molecule has 1 aromatic carbocycles. The molecule has 0 radical (unpaired) electrons. The number of phenols is 1. The highest BCUT2D eigenvalue weighted by molar-refractivity contribution is 5.96. The van der Waals surface area contributed by atoms with Crippen LogP contribution in [-0.2, 0) is 4.79 Å². The predicted molar refractivity (Wildman–Crippen MR) is 54.6 cm³/mol. The van der Waals surface area contributed by atoms with Crippen LogP contribution < -0.4 is 10.2 Å². The van der Waals surface area contributed by atoms with Gasteiger partial charge in [0.15, 0.2) is 0 Å². The quantitative estimate of drug-likeness (QED) is 0.648. The van der Waals surface area contributed by atoms with Crippen molar-refractivity contribution in [2.75, 3.05) is 23.8 Å². The first-order valence-corrected chi connectivity index (χ1v) is 4.51. The Morgan fingerprint density at radius 1 is 1.50 bits per heavy atom. The minimum atomic E-state index is -0.0128. The largest absolute Gasteiger partial charge is 0.508 e. The fourth-order valence-electron chi connectivity index (χ4n) is 1.56. The molecule has 1 heterocycles. The number of aromatic hydroxyl groups is 1. The molecule has 14 heavy (non-hydrogen) atoms. The number of hydrogen-bond acceptors (Lipinski definition) is 3. The summed E-state index contributed by atoms with van der Waals surface area (Å²) in [4.78, 5) is 13.3. The van der Waals surface area contributed by atoms with Gasteiger partial charge in [-0.1, -0.05) is 0 Å². The van der Waals surface area contributed by atoms with E-state index in [1.54, 1.807) is 18.2 Å². The maximum atomic E-state index is 11.3. The van der Waals surface area contributed by atoms with Crippen LogP contribution in [0.2, 0.25) is 0 Å². The Hall–Kier alpha value is -1.71. The molecule has 2 rings (SSSR count). The third kappa shape index (κ3) is 1.51. The molecule has 74 valence electrons. The summed E-state index contributed by atoms with van der Waals surface area (Å²) in [5.74, 6) is 0.153. The van der Waals surface area contributed by atoms with Gasteiger partial charge in [-0.2, -0.15) is 0 Å². The number of nitrogens with zero attached hydrogens (tertiary/aromatic N) is 1. The van der Waals surface area contributed by atoms with Crippen LogP contribution in [0.3, 0.4) is 0 Å². The van der Waals surface area contributed by atoms with Crippen LogP contribution in [0.25, 0.3) is 0 Å². The van der Waals surface area contributed by atoms with Crippen molar-refractivity contribution in [3.63, 3.8) is 0 Å². The van der Waals surface area contributed by atoms with Crippen LogP contribution in [-0.4, -0.2) is 24.6 Å². The molecule has 0 aliphatic carbocycles. The molecular formula is C10H12N2O2. The molecule has 0 bridgehead atoms. The Balaban J connectivity index is 2.46. The standard InChI is InChI=1S/C10H12N2O2/c1-12-5-4-10(14)11-8-6-7(13)2-3-9(8)12/h2-3,6,13H,4-5H2,1H3,(H,11,14). The maximum absolute atomic E-state index is 11.3.